The molecule has 30 heavy (non-hydrogen) atoms. The Morgan fingerprint density at radius 2 is 2.00 bits per heavy atom. The van der Waals surface area contributed by atoms with Gasteiger partial charge in [0.1, 0.15) is 10.4 Å². The molecule has 3 aromatic heterocycles. The average Bonchev–Trinajstić information content (AvgIpc) is 3.11. The van der Waals surface area contributed by atoms with E-state index in [2.05, 4.69) is 0 Å². The van der Waals surface area contributed by atoms with E-state index >= 15 is 0 Å². The molecule has 0 spiro atoms. The molecule has 0 aliphatic heterocycles. The maximum Gasteiger partial charge on any atom is 0.336 e. The Morgan fingerprint density at radius 3 is 2.83 bits per heavy atom. The monoisotopic (exact) mass is 438 g/mol. The predicted octanol–water partition coefficient (Wildman–Crippen LogP) is 4.89. The van der Waals surface area contributed by atoms with E-state index in [1.54, 1.807) is 29.0 Å². The van der Waals surface area contributed by atoms with Crippen molar-refractivity contribution in [3.63, 3.8) is 0 Å². The zero-order chi connectivity index (χ0) is 21.0. The number of fused-ring (bicyclic) bond motifs is 4. The number of nitrogens with zero attached hydrogens (tertiary/aromatic N) is 2. The van der Waals surface area contributed by atoms with Crippen LogP contribution >= 0.6 is 23.1 Å². The Balaban J connectivity index is 1.56. The van der Waals surface area contributed by atoms with Gasteiger partial charge in [0.05, 0.1) is 5.39 Å². The number of thiophene rings is 1. The second-order valence-corrected chi connectivity index (χ2v) is 9.94. The van der Waals surface area contributed by atoms with E-state index in [-0.39, 0.29) is 11.2 Å². The molecule has 154 valence electrons. The third-order valence-corrected chi connectivity index (χ3v) is 8.29. The third kappa shape index (κ3) is 3.11. The smallest absolute Gasteiger partial charge is 0.336 e. The van der Waals surface area contributed by atoms with Gasteiger partial charge in [0.2, 0.25) is 0 Å². The van der Waals surface area contributed by atoms with Crippen LogP contribution in [0.25, 0.3) is 21.2 Å². The molecule has 0 radical (unpaired) electrons. The Hall–Kier alpha value is -2.38. The summed E-state index contributed by atoms with van der Waals surface area (Å²) in [6.45, 7) is 3.97. The van der Waals surface area contributed by atoms with E-state index in [1.165, 1.54) is 28.6 Å². The van der Waals surface area contributed by atoms with E-state index in [9.17, 15) is 9.59 Å². The molecule has 1 aromatic carbocycles. The minimum atomic E-state index is -0.352. The van der Waals surface area contributed by atoms with Crippen LogP contribution < -0.4 is 11.2 Å². The topological polar surface area (TPSA) is 65.1 Å². The molecule has 0 atom stereocenters. The highest BCUT2D eigenvalue weighted by atomic mass is 32.2. The highest BCUT2D eigenvalue weighted by Crippen LogP contribution is 2.35. The van der Waals surface area contributed by atoms with E-state index in [0.717, 1.165) is 51.6 Å². The van der Waals surface area contributed by atoms with Gasteiger partial charge in [-0.25, -0.2) is 9.78 Å². The Bertz CT molecular complexity index is 1430. The number of aromatic nitrogens is 2. The van der Waals surface area contributed by atoms with Gasteiger partial charge in [-0.3, -0.25) is 9.36 Å². The van der Waals surface area contributed by atoms with Crippen molar-refractivity contribution < 1.29 is 4.42 Å². The number of hydrogen-bond donors (Lipinski definition) is 0. The van der Waals surface area contributed by atoms with Crippen LogP contribution in [0.2, 0.25) is 0 Å². The minimum absolute atomic E-state index is 0.0332. The van der Waals surface area contributed by atoms with Crippen LogP contribution in [0.4, 0.5) is 0 Å². The van der Waals surface area contributed by atoms with E-state index < -0.39 is 0 Å². The van der Waals surface area contributed by atoms with Crippen molar-refractivity contribution in [2.45, 2.75) is 50.4 Å². The first-order valence-corrected chi connectivity index (χ1v) is 11.9. The van der Waals surface area contributed by atoms with Gasteiger partial charge in [-0.2, -0.15) is 0 Å². The van der Waals surface area contributed by atoms with Crippen LogP contribution in [0.15, 0.2) is 37.4 Å². The second kappa shape index (κ2) is 7.39. The number of rotatable bonds is 3. The van der Waals surface area contributed by atoms with Crippen LogP contribution in [0.1, 0.15) is 40.0 Å². The summed E-state index contributed by atoms with van der Waals surface area (Å²) in [5, 5.41) is 2.41. The van der Waals surface area contributed by atoms with Crippen LogP contribution in [0, 0.1) is 13.8 Å². The van der Waals surface area contributed by atoms with Crippen molar-refractivity contribution in [2.75, 3.05) is 0 Å². The van der Waals surface area contributed by atoms with Gasteiger partial charge in [-0.15, -0.1) is 11.3 Å². The molecule has 0 amide bonds. The van der Waals surface area contributed by atoms with Gasteiger partial charge >= 0.3 is 5.63 Å². The Kier molecular flexibility index (Phi) is 4.82. The molecule has 1 aliphatic carbocycles. The first-order chi connectivity index (χ1) is 14.4. The van der Waals surface area contributed by atoms with Gasteiger partial charge in [0.25, 0.3) is 5.56 Å². The summed E-state index contributed by atoms with van der Waals surface area (Å²) in [5.41, 5.74) is 4.50. The van der Waals surface area contributed by atoms with Crippen molar-refractivity contribution in [2.24, 2.45) is 7.05 Å². The van der Waals surface area contributed by atoms with Crippen LogP contribution in [0.5, 0.6) is 0 Å². The Morgan fingerprint density at radius 1 is 1.20 bits per heavy atom. The minimum Gasteiger partial charge on any atom is -0.422 e. The van der Waals surface area contributed by atoms with Crippen molar-refractivity contribution in [3.05, 3.63) is 66.1 Å². The molecule has 0 bridgehead atoms. The van der Waals surface area contributed by atoms with E-state index in [1.807, 2.05) is 26.0 Å². The lowest BCUT2D eigenvalue weighted by atomic mass is 9.97. The molecule has 5 rings (SSSR count). The second-order valence-electron chi connectivity index (χ2n) is 7.91. The fourth-order valence-electron chi connectivity index (χ4n) is 4.18. The number of benzene rings is 1. The lowest BCUT2D eigenvalue weighted by molar-refractivity contribution is 0.557. The fraction of sp³-hybridized carbons (Fsp3) is 0.348. The van der Waals surface area contributed by atoms with E-state index in [0.29, 0.717) is 16.5 Å². The number of aryl methyl sites for hydroxylation is 4. The number of thioether (sulfide) groups is 1. The van der Waals surface area contributed by atoms with Crippen LogP contribution in [-0.4, -0.2) is 9.55 Å². The molecule has 4 aromatic rings. The molecule has 3 heterocycles. The normalized spacial score (nSPS) is 13.8. The average molecular weight is 439 g/mol. The summed E-state index contributed by atoms with van der Waals surface area (Å²) in [5.74, 6) is 0.543. The molecular formula is C23H22N2O3S2. The summed E-state index contributed by atoms with van der Waals surface area (Å²) in [4.78, 5) is 32.2. The zero-order valence-corrected chi connectivity index (χ0v) is 18.8. The highest BCUT2D eigenvalue weighted by Gasteiger charge is 2.21. The van der Waals surface area contributed by atoms with E-state index in [4.69, 9.17) is 9.40 Å². The standard InChI is InChI=1S/C23H22N2O3S2/c1-12-8-9-15-14(10-18(26)28-20(15)13(12)2)11-29-23-24-21-19(22(27)25(23)3)16-6-4-5-7-17(16)30-21/h8-10H,4-7,11H2,1-3H3. The van der Waals surface area contributed by atoms with Crippen molar-refractivity contribution in [3.8, 4) is 0 Å². The largest absolute Gasteiger partial charge is 0.422 e. The van der Waals surface area contributed by atoms with Gasteiger partial charge in [0.15, 0.2) is 5.16 Å². The quantitative estimate of drug-likeness (QED) is 0.259. The lowest BCUT2D eigenvalue weighted by Crippen LogP contribution is -2.20. The fourth-order valence-corrected chi connectivity index (χ4v) is 6.45. The van der Waals surface area contributed by atoms with Gasteiger partial charge in [0, 0.05) is 29.1 Å². The third-order valence-electron chi connectivity index (χ3n) is 6.03. The maximum atomic E-state index is 13.1. The predicted molar refractivity (Wildman–Crippen MR) is 123 cm³/mol. The maximum absolute atomic E-state index is 13.1. The molecule has 0 N–H and O–H groups in total. The number of hydrogen-bond acceptors (Lipinski definition) is 6. The molecule has 0 unspecified atom stereocenters. The van der Waals surface area contributed by atoms with Gasteiger partial charge in [-0.05, 0) is 61.8 Å². The van der Waals surface area contributed by atoms with Crippen molar-refractivity contribution in [1.82, 2.24) is 9.55 Å². The van der Waals surface area contributed by atoms with Crippen molar-refractivity contribution in [1.29, 1.82) is 0 Å². The molecular weight excluding hydrogens is 416 g/mol. The first-order valence-electron chi connectivity index (χ1n) is 10.1. The molecule has 7 heteroatoms. The molecule has 1 aliphatic rings. The molecule has 0 fully saturated rings. The van der Waals surface area contributed by atoms with Gasteiger partial charge < -0.3 is 4.42 Å². The SMILES string of the molecule is Cc1ccc2c(CSc3nc4sc5c(c4c(=O)n3C)CCCC5)cc(=O)oc2c1C. The molecule has 0 saturated heterocycles. The summed E-state index contributed by atoms with van der Waals surface area (Å²) < 4.78 is 7.13. The summed E-state index contributed by atoms with van der Waals surface area (Å²) >= 11 is 3.15. The zero-order valence-electron chi connectivity index (χ0n) is 17.2. The summed E-state index contributed by atoms with van der Waals surface area (Å²) in [6, 6.07) is 5.59. The van der Waals surface area contributed by atoms with Crippen LogP contribution in [0.3, 0.4) is 0 Å². The Labute approximate surface area is 181 Å². The van der Waals surface area contributed by atoms with Crippen LogP contribution in [-0.2, 0) is 25.6 Å². The summed E-state index contributed by atoms with van der Waals surface area (Å²) in [6.07, 6.45) is 4.35. The highest BCUT2D eigenvalue weighted by molar-refractivity contribution is 7.98. The first kappa shape index (κ1) is 19.6. The molecule has 5 nitrogen and oxygen atoms in total. The summed E-state index contributed by atoms with van der Waals surface area (Å²) in [7, 11) is 1.79. The van der Waals surface area contributed by atoms with Crippen molar-refractivity contribution >= 4 is 44.3 Å². The molecule has 0 saturated carbocycles. The lowest BCUT2D eigenvalue weighted by Gasteiger charge is -2.11. The van der Waals surface area contributed by atoms with Gasteiger partial charge in [-0.1, -0.05) is 23.9 Å².